The van der Waals surface area contributed by atoms with Crippen LogP contribution in [-0.2, 0) is 14.8 Å². The lowest BCUT2D eigenvalue weighted by atomic mass is 10.2. The number of carbonyl (C=O) groups excluding carboxylic acids is 2. The maximum atomic E-state index is 13.3. The Balaban J connectivity index is 1.95. The number of halogens is 1. The summed E-state index contributed by atoms with van der Waals surface area (Å²) in [6.07, 6.45) is 0. The SMILES string of the molecule is CC(=O)c1cccc(S(=O)(=O)NNC(=O)COc2ccccc2F)c1. The van der Waals surface area contributed by atoms with Crippen molar-refractivity contribution < 1.29 is 27.1 Å². The summed E-state index contributed by atoms with van der Waals surface area (Å²) in [7, 11) is -4.07. The van der Waals surface area contributed by atoms with E-state index in [1.807, 2.05) is 10.3 Å². The number of carbonyl (C=O) groups is 2. The predicted molar refractivity (Wildman–Crippen MR) is 86.8 cm³/mol. The summed E-state index contributed by atoms with van der Waals surface area (Å²) in [5.41, 5.74) is 2.17. The Bertz CT molecular complexity index is 899. The van der Waals surface area contributed by atoms with E-state index < -0.39 is 28.4 Å². The van der Waals surface area contributed by atoms with Gasteiger partial charge < -0.3 is 4.74 Å². The maximum absolute atomic E-state index is 13.3. The molecule has 0 radical (unpaired) electrons. The number of ether oxygens (including phenoxy) is 1. The zero-order valence-corrected chi connectivity index (χ0v) is 14.0. The second kappa shape index (κ2) is 7.86. The second-order valence-corrected chi connectivity index (χ2v) is 6.64. The molecule has 0 atom stereocenters. The molecule has 2 N–H and O–H groups in total. The molecule has 0 aliphatic carbocycles. The highest BCUT2D eigenvalue weighted by atomic mass is 32.2. The molecule has 7 nitrogen and oxygen atoms in total. The summed E-state index contributed by atoms with van der Waals surface area (Å²) in [6.45, 7) is 0.720. The molecule has 0 aromatic heterocycles. The summed E-state index contributed by atoms with van der Waals surface area (Å²) >= 11 is 0. The van der Waals surface area contributed by atoms with E-state index in [0.29, 0.717) is 0 Å². The number of hydrogen-bond acceptors (Lipinski definition) is 5. The predicted octanol–water partition coefficient (Wildman–Crippen LogP) is 1.42. The number of ketones is 1. The van der Waals surface area contributed by atoms with Gasteiger partial charge in [-0.3, -0.25) is 15.0 Å². The Morgan fingerprint density at radius 2 is 1.84 bits per heavy atom. The van der Waals surface area contributed by atoms with Gasteiger partial charge in [-0.1, -0.05) is 24.3 Å². The molecule has 1 amide bonds. The molecule has 0 aliphatic heterocycles. The zero-order valence-electron chi connectivity index (χ0n) is 13.2. The van der Waals surface area contributed by atoms with Gasteiger partial charge in [0.2, 0.25) is 0 Å². The highest BCUT2D eigenvalue weighted by molar-refractivity contribution is 7.89. The number of hydrazine groups is 1. The van der Waals surface area contributed by atoms with E-state index in [1.54, 1.807) is 0 Å². The van der Waals surface area contributed by atoms with Gasteiger partial charge in [0.25, 0.3) is 15.9 Å². The minimum Gasteiger partial charge on any atom is -0.481 e. The van der Waals surface area contributed by atoms with Crippen LogP contribution in [-0.4, -0.2) is 26.7 Å². The lowest BCUT2D eigenvalue weighted by molar-refractivity contribution is -0.123. The molecule has 0 saturated heterocycles. The van der Waals surface area contributed by atoms with E-state index in [2.05, 4.69) is 0 Å². The van der Waals surface area contributed by atoms with Crippen molar-refractivity contribution in [2.45, 2.75) is 11.8 Å². The third kappa shape index (κ3) is 5.10. The average molecular weight is 366 g/mol. The van der Waals surface area contributed by atoms with Crippen molar-refractivity contribution in [3.63, 3.8) is 0 Å². The summed E-state index contributed by atoms with van der Waals surface area (Å²) < 4.78 is 42.5. The van der Waals surface area contributed by atoms with Gasteiger partial charge in [-0.05, 0) is 31.2 Å². The quantitative estimate of drug-likeness (QED) is 0.570. The molecule has 2 aromatic carbocycles. The first kappa shape index (κ1) is 18.6. The van der Waals surface area contributed by atoms with Crippen LogP contribution in [0.4, 0.5) is 4.39 Å². The molecular formula is C16H15FN2O5S. The van der Waals surface area contributed by atoms with Crippen molar-refractivity contribution in [1.82, 2.24) is 10.3 Å². The van der Waals surface area contributed by atoms with Crippen LogP contribution in [0.2, 0.25) is 0 Å². The first-order valence-corrected chi connectivity index (χ1v) is 8.57. The van der Waals surface area contributed by atoms with Crippen molar-refractivity contribution in [3.8, 4) is 5.75 Å². The summed E-state index contributed by atoms with van der Waals surface area (Å²) in [5.74, 6) is -1.89. The third-order valence-corrected chi connectivity index (χ3v) is 4.32. The van der Waals surface area contributed by atoms with Crippen molar-refractivity contribution in [2.24, 2.45) is 0 Å². The number of para-hydroxylation sites is 1. The molecule has 132 valence electrons. The second-order valence-electron chi connectivity index (χ2n) is 4.96. The van der Waals surface area contributed by atoms with Crippen molar-refractivity contribution >= 4 is 21.7 Å². The third-order valence-electron chi connectivity index (χ3n) is 3.07. The summed E-state index contributed by atoms with van der Waals surface area (Å²) in [4.78, 5) is 24.6. The molecule has 2 rings (SSSR count). The minimum atomic E-state index is -4.07. The van der Waals surface area contributed by atoms with Crippen LogP contribution in [0.15, 0.2) is 53.4 Å². The number of nitrogens with one attached hydrogen (secondary N) is 2. The van der Waals surface area contributed by atoms with Gasteiger partial charge in [0, 0.05) is 5.56 Å². The molecule has 9 heteroatoms. The lowest BCUT2D eigenvalue weighted by Crippen LogP contribution is -2.43. The number of sulfonamides is 1. The first-order valence-electron chi connectivity index (χ1n) is 7.08. The van der Waals surface area contributed by atoms with Crippen LogP contribution in [0.5, 0.6) is 5.75 Å². The van der Waals surface area contributed by atoms with E-state index in [0.717, 1.165) is 6.07 Å². The number of amides is 1. The molecule has 0 bridgehead atoms. The molecule has 0 unspecified atom stereocenters. The monoisotopic (exact) mass is 366 g/mol. The summed E-state index contributed by atoms with van der Waals surface area (Å²) in [6, 6.07) is 10.8. The van der Waals surface area contributed by atoms with Crippen molar-refractivity contribution in [2.75, 3.05) is 6.61 Å². The van der Waals surface area contributed by atoms with Gasteiger partial charge in [-0.25, -0.2) is 12.8 Å². The normalized spacial score (nSPS) is 11.0. The van der Waals surface area contributed by atoms with Crippen LogP contribution in [0.1, 0.15) is 17.3 Å². The van der Waals surface area contributed by atoms with E-state index in [1.165, 1.54) is 49.4 Å². The molecule has 0 spiro atoms. The van der Waals surface area contributed by atoms with Gasteiger partial charge in [-0.15, -0.1) is 4.83 Å². The number of hydrogen-bond donors (Lipinski definition) is 2. The fraction of sp³-hybridized carbons (Fsp3) is 0.125. The Hall–Kier alpha value is -2.78. The van der Waals surface area contributed by atoms with Crippen LogP contribution in [0.25, 0.3) is 0 Å². The smallest absolute Gasteiger partial charge is 0.272 e. The number of benzene rings is 2. The van der Waals surface area contributed by atoms with Crippen LogP contribution in [0.3, 0.4) is 0 Å². The molecule has 0 fully saturated rings. The van der Waals surface area contributed by atoms with Crippen LogP contribution in [0, 0.1) is 5.82 Å². The Labute approximate surface area is 143 Å². The minimum absolute atomic E-state index is 0.130. The highest BCUT2D eigenvalue weighted by Crippen LogP contribution is 2.15. The molecular weight excluding hydrogens is 351 g/mol. The van der Waals surface area contributed by atoms with Crippen molar-refractivity contribution in [3.05, 3.63) is 59.9 Å². The topological polar surface area (TPSA) is 102 Å². The Morgan fingerprint density at radius 1 is 1.12 bits per heavy atom. The number of Topliss-reactive ketones (excluding diaryl/α,β-unsaturated/α-hetero) is 1. The average Bonchev–Trinajstić information content (AvgIpc) is 2.59. The van der Waals surface area contributed by atoms with E-state index >= 15 is 0 Å². The molecule has 0 saturated carbocycles. The van der Waals surface area contributed by atoms with E-state index in [4.69, 9.17) is 4.74 Å². The van der Waals surface area contributed by atoms with Gasteiger partial charge >= 0.3 is 0 Å². The Kier molecular flexibility index (Phi) is 5.84. The summed E-state index contributed by atoms with van der Waals surface area (Å²) in [5, 5.41) is 0. The number of rotatable bonds is 7. The van der Waals surface area contributed by atoms with Gasteiger partial charge in [-0.2, -0.15) is 0 Å². The molecule has 2 aromatic rings. The Morgan fingerprint density at radius 3 is 2.52 bits per heavy atom. The molecule has 25 heavy (non-hydrogen) atoms. The largest absolute Gasteiger partial charge is 0.481 e. The van der Waals surface area contributed by atoms with E-state index in [-0.39, 0.29) is 22.0 Å². The van der Waals surface area contributed by atoms with Gasteiger partial charge in [0.15, 0.2) is 24.0 Å². The van der Waals surface area contributed by atoms with Crippen LogP contribution >= 0.6 is 0 Å². The van der Waals surface area contributed by atoms with Crippen LogP contribution < -0.4 is 15.0 Å². The fourth-order valence-corrected chi connectivity index (χ4v) is 2.71. The van der Waals surface area contributed by atoms with Crippen molar-refractivity contribution in [1.29, 1.82) is 0 Å². The van der Waals surface area contributed by atoms with E-state index in [9.17, 15) is 22.4 Å². The first-order chi connectivity index (χ1) is 11.8. The highest BCUT2D eigenvalue weighted by Gasteiger charge is 2.16. The standard InChI is InChI=1S/C16H15FN2O5S/c1-11(20)12-5-4-6-13(9-12)25(22,23)19-18-16(21)10-24-15-8-3-2-7-14(15)17/h2-9,19H,10H2,1H3,(H,18,21). The van der Waals surface area contributed by atoms with Gasteiger partial charge in [0.05, 0.1) is 4.90 Å². The lowest BCUT2D eigenvalue weighted by Gasteiger charge is -2.10. The van der Waals surface area contributed by atoms with Gasteiger partial charge in [0.1, 0.15) is 0 Å². The molecule has 0 heterocycles. The molecule has 0 aliphatic rings. The zero-order chi connectivity index (χ0) is 18.4. The fourth-order valence-electron chi connectivity index (χ4n) is 1.81. The maximum Gasteiger partial charge on any atom is 0.272 e.